The van der Waals surface area contributed by atoms with Gasteiger partial charge in [-0.05, 0) is 44.4 Å². The zero-order valence-corrected chi connectivity index (χ0v) is 12.7. The standard InChI is InChI=1S/C15H26N2O3/c1-4-11-6-7-12(10(11)2)16-14(20)17-9-5-8-15(17,3)13(18)19/h10-12H,4-9H2,1-3H3,(H,16,20)(H,18,19). The van der Waals surface area contributed by atoms with Gasteiger partial charge in [0.2, 0.25) is 0 Å². The Morgan fingerprint density at radius 1 is 1.40 bits per heavy atom. The number of urea groups is 1. The van der Waals surface area contributed by atoms with Crippen molar-refractivity contribution in [2.24, 2.45) is 11.8 Å². The van der Waals surface area contributed by atoms with Gasteiger partial charge >= 0.3 is 12.0 Å². The van der Waals surface area contributed by atoms with Crippen LogP contribution in [0.4, 0.5) is 4.79 Å². The number of aliphatic carboxylic acids is 1. The number of hydrogen-bond donors (Lipinski definition) is 2. The molecule has 1 saturated heterocycles. The molecule has 2 rings (SSSR count). The van der Waals surface area contributed by atoms with E-state index in [0.29, 0.717) is 24.8 Å². The van der Waals surface area contributed by atoms with Crippen molar-refractivity contribution < 1.29 is 14.7 Å². The molecular formula is C15H26N2O3. The van der Waals surface area contributed by atoms with Crippen LogP contribution in [0.25, 0.3) is 0 Å². The van der Waals surface area contributed by atoms with Crippen molar-refractivity contribution in [3.8, 4) is 0 Å². The normalized spacial score (nSPS) is 37.1. The van der Waals surface area contributed by atoms with E-state index in [1.165, 1.54) is 4.90 Å². The number of likely N-dealkylation sites (tertiary alicyclic amines) is 1. The molecule has 0 aromatic rings. The van der Waals surface area contributed by atoms with Crippen LogP contribution in [0.2, 0.25) is 0 Å². The van der Waals surface area contributed by atoms with Crippen LogP contribution >= 0.6 is 0 Å². The molecular weight excluding hydrogens is 256 g/mol. The molecule has 2 amide bonds. The molecule has 5 heteroatoms. The van der Waals surface area contributed by atoms with E-state index in [4.69, 9.17) is 0 Å². The van der Waals surface area contributed by atoms with Crippen LogP contribution in [-0.2, 0) is 4.79 Å². The van der Waals surface area contributed by atoms with Gasteiger partial charge in [-0.15, -0.1) is 0 Å². The lowest BCUT2D eigenvalue weighted by molar-refractivity contribution is -0.147. The van der Waals surface area contributed by atoms with Gasteiger partial charge in [-0.25, -0.2) is 9.59 Å². The number of carbonyl (C=O) groups excluding carboxylic acids is 1. The third-order valence-corrected chi connectivity index (χ3v) is 5.41. The number of nitrogens with zero attached hydrogens (tertiary/aromatic N) is 1. The van der Waals surface area contributed by atoms with E-state index in [9.17, 15) is 14.7 Å². The third-order valence-electron chi connectivity index (χ3n) is 5.41. The summed E-state index contributed by atoms with van der Waals surface area (Å²) in [6, 6.07) is -0.0212. The smallest absolute Gasteiger partial charge is 0.329 e. The minimum absolute atomic E-state index is 0.186. The minimum Gasteiger partial charge on any atom is -0.480 e. The Balaban J connectivity index is 2.00. The minimum atomic E-state index is -1.05. The van der Waals surface area contributed by atoms with Crippen molar-refractivity contribution in [3.05, 3.63) is 0 Å². The Hall–Kier alpha value is -1.26. The van der Waals surface area contributed by atoms with E-state index in [0.717, 1.165) is 25.7 Å². The van der Waals surface area contributed by atoms with Gasteiger partial charge in [0, 0.05) is 12.6 Å². The SMILES string of the molecule is CCC1CCC(NC(=O)N2CCCC2(C)C(=O)O)C1C. The summed E-state index contributed by atoms with van der Waals surface area (Å²) in [5.74, 6) is 0.239. The molecule has 2 fully saturated rings. The maximum atomic E-state index is 12.4. The zero-order chi connectivity index (χ0) is 14.9. The highest BCUT2D eigenvalue weighted by Crippen LogP contribution is 2.35. The van der Waals surface area contributed by atoms with Crippen LogP contribution in [0.3, 0.4) is 0 Å². The summed E-state index contributed by atoms with van der Waals surface area (Å²) < 4.78 is 0. The first-order valence-corrected chi connectivity index (χ1v) is 7.71. The predicted octanol–water partition coefficient (Wildman–Crippen LogP) is 2.46. The molecule has 5 nitrogen and oxygen atoms in total. The van der Waals surface area contributed by atoms with E-state index >= 15 is 0 Å². The predicted molar refractivity (Wildman–Crippen MR) is 76.5 cm³/mol. The Labute approximate surface area is 120 Å². The summed E-state index contributed by atoms with van der Waals surface area (Å²) >= 11 is 0. The molecule has 1 aliphatic heterocycles. The lowest BCUT2D eigenvalue weighted by Gasteiger charge is -2.33. The van der Waals surface area contributed by atoms with Crippen LogP contribution in [0, 0.1) is 11.8 Å². The van der Waals surface area contributed by atoms with Gasteiger partial charge < -0.3 is 15.3 Å². The Bertz CT molecular complexity index is 399. The first-order valence-electron chi connectivity index (χ1n) is 7.71. The van der Waals surface area contributed by atoms with E-state index in [1.54, 1.807) is 6.92 Å². The Morgan fingerprint density at radius 3 is 2.65 bits per heavy atom. The molecule has 20 heavy (non-hydrogen) atoms. The lowest BCUT2D eigenvalue weighted by Crippen LogP contribution is -2.56. The lowest BCUT2D eigenvalue weighted by atomic mass is 9.93. The quantitative estimate of drug-likeness (QED) is 0.835. The maximum absolute atomic E-state index is 12.4. The van der Waals surface area contributed by atoms with Crippen LogP contribution in [0.15, 0.2) is 0 Å². The summed E-state index contributed by atoms with van der Waals surface area (Å²) in [6.07, 6.45) is 4.59. The second-order valence-corrected chi connectivity index (χ2v) is 6.49. The molecule has 0 spiro atoms. The molecule has 0 radical (unpaired) electrons. The molecule has 0 aromatic carbocycles. The van der Waals surface area contributed by atoms with Gasteiger partial charge in [-0.2, -0.15) is 0 Å². The van der Waals surface area contributed by atoms with Crippen LogP contribution in [0.5, 0.6) is 0 Å². The third kappa shape index (κ3) is 2.50. The number of rotatable bonds is 3. The number of amides is 2. The highest BCUT2D eigenvalue weighted by atomic mass is 16.4. The Kier molecular flexibility index (Phi) is 4.25. The van der Waals surface area contributed by atoms with Crippen molar-refractivity contribution in [2.45, 2.75) is 64.5 Å². The van der Waals surface area contributed by atoms with Crippen molar-refractivity contribution in [1.82, 2.24) is 10.2 Å². The van der Waals surface area contributed by atoms with Gasteiger partial charge in [-0.3, -0.25) is 0 Å². The van der Waals surface area contributed by atoms with E-state index in [1.807, 2.05) is 0 Å². The van der Waals surface area contributed by atoms with E-state index in [-0.39, 0.29) is 12.1 Å². The van der Waals surface area contributed by atoms with Crippen LogP contribution < -0.4 is 5.32 Å². The molecule has 2 aliphatic rings. The summed E-state index contributed by atoms with van der Waals surface area (Å²) in [5, 5.41) is 12.4. The fourth-order valence-corrected chi connectivity index (χ4v) is 3.78. The average Bonchev–Trinajstić information content (AvgIpc) is 2.95. The van der Waals surface area contributed by atoms with E-state index in [2.05, 4.69) is 19.2 Å². The monoisotopic (exact) mass is 282 g/mol. The second kappa shape index (κ2) is 5.62. The second-order valence-electron chi connectivity index (χ2n) is 6.49. The fourth-order valence-electron chi connectivity index (χ4n) is 3.78. The summed E-state index contributed by atoms with van der Waals surface area (Å²) in [6.45, 7) is 6.56. The first-order chi connectivity index (χ1) is 9.40. The van der Waals surface area contributed by atoms with Crippen molar-refractivity contribution >= 4 is 12.0 Å². The number of hydrogen-bond acceptors (Lipinski definition) is 2. The summed E-state index contributed by atoms with van der Waals surface area (Å²) in [4.78, 5) is 25.3. The largest absolute Gasteiger partial charge is 0.480 e. The molecule has 1 heterocycles. The molecule has 0 bridgehead atoms. The Morgan fingerprint density at radius 2 is 2.10 bits per heavy atom. The number of carbonyl (C=O) groups is 2. The van der Waals surface area contributed by atoms with Gasteiger partial charge in [0.15, 0.2) is 0 Å². The molecule has 1 aliphatic carbocycles. The van der Waals surface area contributed by atoms with Crippen LogP contribution in [0.1, 0.15) is 52.9 Å². The van der Waals surface area contributed by atoms with Crippen molar-refractivity contribution in [1.29, 1.82) is 0 Å². The van der Waals surface area contributed by atoms with Crippen molar-refractivity contribution in [3.63, 3.8) is 0 Å². The summed E-state index contributed by atoms with van der Waals surface area (Å²) in [7, 11) is 0. The van der Waals surface area contributed by atoms with Crippen LogP contribution in [-0.4, -0.2) is 40.1 Å². The maximum Gasteiger partial charge on any atom is 0.329 e. The summed E-state index contributed by atoms with van der Waals surface area (Å²) in [5.41, 5.74) is -1.05. The molecule has 1 saturated carbocycles. The molecule has 114 valence electrons. The number of carboxylic acids is 1. The molecule has 4 unspecified atom stereocenters. The van der Waals surface area contributed by atoms with Gasteiger partial charge in [0.25, 0.3) is 0 Å². The van der Waals surface area contributed by atoms with Gasteiger partial charge in [-0.1, -0.05) is 20.3 Å². The van der Waals surface area contributed by atoms with Gasteiger partial charge in [0.05, 0.1) is 0 Å². The molecule has 4 atom stereocenters. The molecule has 0 aromatic heterocycles. The fraction of sp³-hybridized carbons (Fsp3) is 0.867. The topological polar surface area (TPSA) is 69.6 Å². The van der Waals surface area contributed by atoms with E-state index < -0.39 is 11.5 Å². The first kappa shape index (κ1) is 15.1. The van der Waals surface area contributed by atoms with Crippen molar-refractivity contribution in [2.75, 3.05) is 6.54 Å². The average molecular weight is 282 g/mol. The molecule has 2 N–H and O–H groups in total. The highest BCUT2D eigenvalue weighted by Gasteiger charge is 2.46. The highest BCUT2D eigenvalue weighted by molar-refractivity contribution is 5.86. The van der Waals surface area contributed by atoms with Gasteiger partial charge in [0.1, 0.15) is 5.54 Å². The number of carboxylic acid groups (broad SMARTS) is 1. The zero-order valence-electron chi connectivity index (χ0n) is 12.7. The number of nitrogens with one attached hydrogen (secondary N) is 1.